The van der Waals surface area contributed by atoms with Gasteiger partial charge in [0.2, 0.25) is 5.91 Å². The molecule has 3 nitrogen and oxygen atoms in total. The third kappa shape index (κ3) is 6.09. The van der Waals surface area contributed by atoms with Gasteiger partial charge >= 0.3 is 0 Å². The third-order valence-corrected chi connectivity index (χ3v) is 3.64. The topological polar surface area (TPSA) is 38.3 Å². The lowest BCUT2D eigenvalue weighted by atomic mass is 9.80. The maximum atomic E-state index is 11.9. The number of amides is 1. The molecule has 1 aromatic rings. The van der Waals surface area contributed by atoms with Gasteiger partial charge in [-0.3, -0.25) is 4.79 Å². The van der Waals surface area contributed by atoms with E-state index >= 15 is 0 Å². The summed E-state index contributed by atoms with van der Waals surface area (Å²) in [5.74, 6) is 1.28. The highest BCUT2D eigenvalue weighted by Gasteiger charge is 2.22. The van der Waals surface area contributed by atoms with Gasteiger partial charge in [-0.1, -0.05) is 45.9 Å². The molecule has 1 aromatic carbocycles. The summed E-state index contributed by atoms with van der Waals surface area (Å²) in [6.07, 6.45) is 0.521. The first-order chi connectivity index (χ1) is 9.29. The molecule has 0 heterocycles. The molecule has 1 amide bonds. The van der Waals surface area contributed by atoms with E-state index in [1.165, 1.54) is 0 Å². The Balaban J connectivity index is 2.30. The molecule has 0 aromatic heterocycles. The molecule has 20 heavy (non-hydrogen) atoms. The smallest absolute Gasteiger partial charge is 0.220 e. The van der Waals surface area contributed by atoms with Crippen LogP contribution < -0.4 is 10.1 Å². The number of carbonyl (C=O) groups is 1. The van der Waals surface area contributed by atoms with Gasteiger partial charge in [-0.05, 0) is 30.4 Å². The summed E-state index contributed by atoms with van der Waals surface area (Å²) < 4.78 is 5.72. The summed E-state index contributed by atoms with van der Waals surface area (Å²) in [6.45, 7) is 11.1. The molecular weight excluding hydrogens is 250 g/mol. The van der Waals surface area contributed by atoms with Gasteiger partial charge in [-0.15, -0.1) is 0 Å². The minimum absolute atomic E-state index is 0.0358. The Hall–Kier alpha value is -1.51. The van der Waals surface area contributed by atoms with Crippen LogP contribution in [-0.2, 0) is 4.79 Å². The van der Waals surface area contributed by atoms with Gasteiger partial charge in [0.25, 0.3) is 0 Å². The van der Waals surface area contributed by atoms with Gasteiger partial charge in [0.05, 0.1) is 6.54 Å². The first kappa shape index (κ1) is 16.5. The van der Waals surface area contributed by atoms with Crippen molar-refractivity contribution in [1.29, 1.82) is 0 Å². The van der Waals surface area contributed by atoms with E-state index in [4.69, 9.17) is 4.74 Å². The Morgan fingerprint density at radius 1 is 1.20 bits per heavy atom. The lowest BCUT2D eigenvalue weighted by Crippen LogP contribution is -2.35. The predicted octanol–water partition coefficient (Wildman–Crippen LogP) is 3.64. The zero-order chi connectivity index (χ0) is 15.2. The summed E-state index contributed by atoms with van der Waals surface area (Å²) in [4.78, 5) is 11.9. The molecule has 1 rings (SSSR count). The molecule has 2 atom stereocenters. The molecule has 112 valence electrons. The van der Waals surface area contributed by atoms with E-state index in [0.29, 0.717) is 18.9 Å². The number of para-hydroxylation sites is 1. The van der Waals surface area contributed by atoms with Crippen molar-refractivity contribution in [2.75, 3.05) is 6.54 Å². The van der Waals surface area contributed by atoms with E-state index in [-0.39, 0.29) is 17.4 Å². The molecule has 0 radical (unpaired) electrons. The van der Waals surface area contributed by atoms with Crippen LogP contribution in [0.25, 0.3) is 0 Å². The maximum absolute atomic E-state index is 11.9. The zero-order valence-electron chi connectivity index (χ0n) is 13.3. The molecule has 1 N–H and O–H groups in total. The van der Waals surface area contributed by atoms with E-state index in [1.807, 2.05) is 37.3 Å². The van der Waals surface area contributed by atoms with Crippen LogP contribution in [0.1, 0.15) is 41.0 Å². The zero-order valence-corrected chi connectivity index (χ0v) is 13.3. The van der Waals surface area contributed by atoms with Crippen LogP contribution in [0.4, 0.5) is 0 Å². The molecule has 0 fully saturated rings. The summed E-state index contributed by atoms with van der Waals surface area (Å²) in [5, 5.41) is 2.94. The number of hydrogen-bond acceptors (Lipinski definition) is 2. The Labute approximate surface area is 122 Å². The van der Waals surface area contributed by atoms with Crippen LogP contribution in [0.3, 0.4) is 0 Å². The molecule has 0 saturated carbocycles. The van der Waals surface area contributed by atoms with Gasteiger partial charge in [-0.25, -0.2) is 0 Å². The van der Waals surface area contributed by atoms with Crippen LogP contribution in [-0.4, -0.2) is 18.6 Å². The lowest BCUT2D eigenvalue weighted by molar-refractivity contribution is -0.123. The Bertz CT molecular complexity index is 409. The van der Waals surface area contributed by atoms with Crippen LogP contribution >= 0.6 is 0 Å². The van der Waals surface area contributed by atoms with E-state index in [2.05, 4.69) is 33.0 Å². The van der Waals surface area contributed by atoms with Crippen LogP contribution in [0.15, 0.2) is 30.3 Å². The standard InChI is InChI=1S/C17H27NO2/c1-13(17(3,4)5)11-16(19)18-12-14(2)20-15-9-7-6-8-10-15/h6-10,13-14H,11-12H2,1-5H3,(H,18,19). The highest BCUT2D eigenvalue weighted by molar-refractivity contribution is 5.76. The fraction of sp³-hybridized carbons (Fsp3) is 0.588. The lowest BCUT2D eigenvalue weighted by Gasteiger charge is -2.26. The van der Waals surface area contributed by atoms with Crippen molar-refractivity contribution in [1.82, 2.24) is 5.32 Å². The molecule has 0 aliphatic carbocycles. The number of ether oxygens (including phenoxy) is 1. The number of benzene rings is 1. The summed E-state index contributed by atoms with van der Waals surface area (Å²) >= 11 is 0. The van der Waals surface area contributed by atoms with Gasteiger partial charge in [0, 0.05) is 6.42 Å². The highest BCUT2D eigenvalue weighted by atomic mass is 16.5. The second kappa shape index (κ2) is 7.32. The first-order valence-corrected chi connectivity index (χ1v) is 7.27. The molecule has 2 unspecified atom stereocenters. The monoisotopic (exact) mass is 277 g/mol. The van der Waals surface area contributed by atoms with E-state index in [0.717, 1.165) is 5.75 Å². The predicted molar refractivity (Wildman–Crippen MR) is 82.8 cm³/mol. The van der Waals surface area contributed by atoms with Crippen molar-refractivity contribution in [3.63, 3.8) is 0 Å². The largest absolute Gasteiger partial charge is 0.489 e. The van der Waals surface area contributed by atoms with E-state index < -0.39 is 0 Å². The summed E-state index contributed by atoms with van der Waals surface area (Å²) in [6, 6.07) is 9.66. The van der Waals surface area contributed by atoms with Crippen molar-refractivity contribution in [2.24, 2.45) is 11.3 Å². The molecule has 0 aliphatic heterocycles. The minimum Gasteiger partial charge on any atom is -0.489 e. The Morgan fingerprint density at radius 3 is 2.35 bits per heavy atom. The van der Waals surface area contributed by atoms with Gasteiger partial charge in [-0.2, -0.15) is 0 Å². The fourth-order valence-corrected chi connectivity index (χ4v) is 1.69. The fourth-order valence-electron chi connectivity index (χ4n) is 1.69. The van der Waals surface area contributed by atoms with Gasteiger partial charge in [0.15, 0.2) is 0 Å². The normalized spacial score (nSPS) is 14.4. The van der Waals surface area contributed by atoms with E-state index in [1.54, 1.807) is 0 Å². The van der Waals surface area contributed by atoms with Crippen LogP contribution in [0.2, 0.25) is 0 Å². The summed E-state index contributed by atoms with van der Waals surface area (Å²) in [5.41, 5.74) is 0.156. The summed E-state index contributed by atoms with van der Waals surface area (Å²) in [7, 11) is 0. The Kier molecular flexibility index (Phi) is 6.05. The number of nitrogens with one attached hydrogen (secondary N) is 1. The van der Waals surface area contributed by atoms with Crippen LogP contribution in [0, 0.1) is 11.3 Å². The van der Waals surface area contributed by atoms with Gasteiger partial charge in [0.1, 0.15) is 11.9 Å². The maximum Gasteiger partial charge on any atom is 0.220 e. The van der Waals surface area contributed by atoms with Crippen molar-refractivity contribution >= 4 is 5.91 Å². The molecule has 0 bridgehead atoms. The van der Waals surface area contributed by atoms with Crippen molar-refractivity contribution in [2.45, 2.75) is 47.1 Å². The molecule has 0 saturated heterocycles. The second-order valence-corrected chi connectivity index (χ2v) is 6.52. The first-order valence-electron chi connectivity index (χ1n) is 7.27. The van der Waals surface area contributed by atoms with E-state index in [9.17, 15) is 4.79 Å². The average molecular weight is 277 g/mol. The van der Waals surface area contributed by atoms with Crippen LogP contribution in [0.5, 0.6) is 5.75 Å². The third-order valence-electron chi connectivity index (χ3n) is 3.64. The SMILES string of the molecule is CC(CNC(=O)CC(C)C(C)(C)C)Oc1ccccc1. The quantitative estimate of drug-likeness (QED) is 0.862. The average Bonchev–Trinajstić information content (AvgIpc) is 2.36. The Morgan fingerprint density at radius 2 is 1.80 bits per heavy atom. The number of carbonyl (C=O) groups excluding carboxylic acids is 1. The molecule has 3 heteroatoms. The molecule has 0 spiro atoms. The number of hydrogen-bond donors (Lipinski definition) is 1. The van der Waals surface area contributed by atoms with Crippen molar-refractivity contribution in [3.05, 3.63) is 30.3 Å². The highest BCUT2D eigenvalue weighted by Crippen LogP contribution is 2.27. The number of rotatable bonds is 6. The minimum atomic E-state index is -0.0358. The van der Waals surface area contributed by atoms with Crippen molar-refractivity contribution in [3.8, 4) is 5.75 Å². The molecular formula is C17H27NO2. The van der Waals surface area contributed by atoms with Crippen molar-refractivity contribution < 1.29 is 9.53 Å². The van der Waals surface area contributed by atoms with Gasteiger partial charge < -0.3 is 10.1 Å². The molecule has 0 aliphatic rings. The second-order valence-electron chi connectivity index (χ2n) is 6.52.